The van der Waals surface area contributed by atoms with E-state index in [9.17, 15) is 0 Å². The number of hydrogen-bond donors (Lipinski definition) is 1. The SMILES string of the molecule is COCCNCc1ccc(SCC2CCCC2)nc1. The number of pyridine rings is 1. The Kier molecular flexibility index (Phi) is 6.68. The maximum atomic E-state index is 5.00. The molecule has 1 aliphatic rings. The highest BCUT2D eigenvalue weighted by atomic mass is 32.2. The van der Waals surface area contributed by atoms with E-state index in [4.69, 9.17) is 4.74 Å². The van der Waals surface area contributed by atoms with Gasteiger partial charge in [-0.25, -0.2) is 4.98 Å². The van der Waals surface area contributed by atoms with E-state index >= 15 is 0 Å². The Balaban J connectivity index is 1.68. The predicted octanol–water partition coefficient (Wildman–Crippen LogP) is 3.10. The number of rotatable bonds is 8. The molecule has 1 fully saturated rings. The van der Waals surface area contributed by atoms with Crippen molar-refractivity contribution < 1.29 is 4.74 Å². The molecular weight excluding hydrogens is 256 g/mol. The van der Waals surface area contributed by atoms with Crippen molar-refractivity contribution in [2.75, 3.05) is 26.0 Å². The first kappa shape index (κ1) is 14.8. The molecule has 0 aliphatic heterocycles. The first-order valence-corrected chi connectivity index (χ1v) is 8.14. The molecule has 1 heterocycles. The van der Waals surface area contributed by atoms with Gasteiger partial charge in [0, 0.05) is 32.1 Å². The van der Waals surface area contributed by atoms with Gasteiger partial charge in [0.15, 0.2) is 0 Å². The zero-order valence-electron chi connectivity index (χ0n) is 11.7. The molecule has 1 aromatic rings. The Morgan fingerprint density at radius 1 is 1.37 bits per heavy atom. The fourth-order valence-electron chi connectivity index (χ4n) is 2.39. The molecule has 0 aromatic carbocycles. The van der Waals surface area contributed by atoms with E-state index in [-0.39, 0.29) is 0 Å². The molecule has 0 radical (unpaired) electrons. The number of nitrogens with zero attached hydrogens (tertiary/aromatic N) is 1. The Bertz CT molecular complexity index is 350. The zero-order valence-corrected chi connectivity index (χ0v) is 12.5. The van der Waals surface area contributed by atoms with Gasteiger partial charge in [0.05, 0.1) is 11.6 Å². The quantitative estimate of drug-likeness (QED) is 0.586. The van der Waals surface area contributed by atoms with Gasteiger partial charge in [-0.2, -0.15) is 0 Å². The van der Waals surface area contributed by atoms with Crippen LogP contribution in [-0.2, 0) is 11.3 Å². The molecule has 0 saturated heterocycles. The van der Waals surface area contributed by atoms with Crippen molar-refractivity contribution in [3.8, 4) is 0 Å². The van der Waals surface area contributed by atoms with E-state index in [1.807, 2.05) is 18.0 Å². The molecule has 4 heteroatoms. The lowest BCUT2D eigenvalue weighted by atomic mass is 10.1. The smallest absolute Gasteiger partial charge is 0.0960 e. The molecule has 0 spiro atoms. The third-order valence-corrected chi connectivity index (χ3v) is 4.73. The molecule has 106 valence electrons. The van der Waals surface area contributed by atoms with Crippen molar-refractivity contribution in [2.24, 2.45) is 5.92 Å². The number of thioether (sulfide) groups is 1. The minimum Gasteiger partial charge on any atom is -0.383 e. The van der Waals surface area contributed by atoms with Crippen molar-refractivity contribution >= 4 is 11.8 Å². The van der Waals surface area contributed by atoms with E-state index < -0.39 is 0 Å². The average molecular weight is 280 g/mol. The Morgan fingerprint density at radius 2 is 2.21 bits per heavy atom. The highest BCUT2D eigenvalue weighted by Crippen LogP contribution is 2.30. The summed E-state index contributed by atoms with van der Waals surface area (Å²) < 4.78 is 5.00. The largest absolute Gasteiger partial charge is 0.383 e. The lowest BCUT2D eigenvalue weighted by molar-refractivity contribution is 0.199. The van der Waals surface area contributed by atoms with Crippen LogP contribution in [0, 0.1) is 5.92 Å². The first-order chi connectivity index (χ1) is 9.38. The number of aromatic nitrogens is 1. The van der Waals surface area contributed by atoms with Gasteiger partial charge in [0.2, 0.25) is 0 Å². The van der Waals surface area contributed by atoms with Gasteiger partial charge in [-0.3, -0.25) is 0 Å². The first-order valence-electron chi connectivity index (χ1n) is 7.16. The van der Waals surface area contributed by atoms with E-state index in [2.05, 4.69) is 22.4 Å². The highest BCUT2D eigenvalue weighted by Gasteiger charge is 2.15. The summed E-state index contributed by atoms with van der Waals surface area (Å²) in [6, 6.07) is 4.32. The van der Waals surface area contributed by atoms with Gasteiger partial charge >= 0.3 is 0 Å². The summed E-state index contributed by atoms with van der Waals surface area (Å²) in [5, 5.41) is 4.49. The molecule has 2 rings (SSSR count). The Labute approximate surface area is 120 Å². The van der Waals surface area contributed by atoms with Crippen LogP contribution in [0.25, 0.3) is 0 Å². The molecule has 0 unspecified atom stereocenters. The van der Waals surface area contributed by atoms with Crippen LogP contribution in [-0.4, -0.2) is 31.0 Å². The second-order valence-corrected chi connectivity index (χ2v) is 6.18. The maximum absolute atomic E-state index is 5.00. The molecular formula is C15H24N2OS. The summed E-state index contributed by atoms with van der Waals surface area (Å²) in [5.74, 6) is 2.15. The van der Waals surface area contributed by atoms with Crippen LogP contribution in [0.1, 0.15) is 31.2 Å². The molecule has 1 aromatic heterocycles. The van der Waals surface area contributed by atoms with Crippen LogP contribution in [0.2, 0.25) is 0 Å². The molecule has 0 atom stereocenters. The lowest BCUT2D eigenvalue weighted by Crippen LogP contribution is -2.18. The van der Waals surface area contributed by atoms with Crippen LogP contribution < -0.4 is 5.32 Å². The third kappa shape index (κ3) is 5.51. The lowest BCUT2D eigenvalue weighted by Gasteiger charge is -2.08. The molecule has 0 amide bonds. The second-order valence-electron chi connectivity index (χ2n) is 5.14. The normalized spacial score (nSPS) is 16.1. The van der Waals surface area contributed by atoms with Crippen LogP contribution in [0.3, 0.4) is 0 Å². The van der Waals surface area contributed by atoms with Crippen LogP contribution in [0.4, 0.5) is 0 Å². The minimum atomic E-state index is 0.753. The molecule has 19 heavy (non-hydrogen) atoms. The summed E-state index contributed by atoms with van der Waals surface area (Å²) in [5.41, 5.74) is 1.24. The number of nitrogens with one attached hydrogen (secondary N) is 1. The minimum absolute atomic E-state index is 0.753. The van der Waals surface area contributed by atoms with Gasteiger partial charge in [-0.15, -0.1) is 11.8 Å². The van der Waals surface area contributed by atoms with Crippen molar-refractivity contribution in [1.82, 2.24) is 10.3 Å². The topological polar surface area (TPSA) is 34.1 Å². The zero-order chi connectivity index (χ0) is 13.3. The second kappa shape index (κ2) is 8.56. The van der Waals surface area contributed by atoms with Gasteiger partial charge < -0.3 is 10.1 Å². The summed E-state index contributed by atoms with van der Waals surface area (Å²) in [4.78, 5) is 4.53. The van der Waals surface area contributed by atoms with Gasteiger partial charge in [-0.05, 0) is 30.4 Å². The molecule has 1 saturated carbocycles. The van der Waals surface area contributed by atoms with Crippen LogP contribution in [0.15, 0.2) is 23.4 Å². The number of hydrogen-bond acceptors (Lipinski definition) is 4. The Hall–Kier alpha value is -0.580. The average Bonchev–Trinajstić information content (AvgIpc) is 2.96. The number of methoxy groups -OCH3 is 1. The van der Waals surface area contributed by atoms with Gasteiger partial charge in [-0.1, -0.05) is 18.9 Å². The van der Waals surface area contributed by atoms with Crippen molar-refractivity contribution in [1.29, 1.82) is 0 Å². The van der Waals surface area contributed by atoms with Crippen molar-refractivity contribution in [2.45, 2.75) is 37.3 Å². The molecule has 1 aliphatic carbocycles. The van der Waals surface area contributed by atoms with E-state index in [1.54, 1.807) is 7.11 Å². The highest BCUT2D eigenvalue weighted by molar-refractivity contribution is 7.99. The van der Waals surface area contributed by atoms with E-state index in [1.165, 1.54) is 37.0 Å². The summed E-state index contributed by atoms with van der Waals surface area (Å²) in [7, 11) is 1.72. The molecule has 0 bridgehead atoms. The van der Waals surface area contributed by atoms with Gasteiger partial charge in [0.25, 0.3) is 0 Å². The number of ether oxygens (including phenoxy) is 1. The maximum Gasteiger partial charge on any atom is 0.0960 e. The van der Waals surface area contributed by atoms with Crippen LogP contribution in [0.5, 0.6) is 0 Å². The Morgan fingerprint density at radius 3 is 2.89 bits per heavy atom. The summed E-state index contributed by atoms with van der Waals surface area (Å²) in [6.45, 7) is 2.50. The van der Waals surface area contributed by atoms with Crippen LogP contribution >= 0.6 is 11.8 Å². The fraction of sp³-hybridized carbons (Fsp3) is 0.667. The monoisotopic (exact) mass is 280 g/mol. The van der Waals surface area contributed by atoms with Gasteiger partial charge in [0.1, 0.15) is 0 Å². The molecule has 1 N–H and O–H groups in total. The predicted molar refractivity (Wildman–Crippen MR) is 80.5 cm³/mol. The summed E-state index contributed by atoms with van der Waals surface area (Å²) in [6.07, 6.45) is 7.65. The molecule has 3 nitrogen and oxygen atoms in total. The third-order valence-electron chi connectivity index (χ3n) is 3.55. The standard InChI is InChI=1S/C15H24N2OS/c1-18-9-8-16-10-14-6-7-15(17-11-14)19-12-13-4-2-3-5-13/h6-7,11,13,16H,2-5,8-10,12H2,1H3. The van der Waals surface area contributed by atoms with Crippen molar-refractivity contribution in [3.63, 3.8) is 0 Å². The van der Waals surface area contributed by atoms with E-state index in [0.29, 0.717) is 0 Å². The van der Waals surface area contributed by atoms with E-state index in [0.717, 1.165) is 30.6 Å². The fourth-order valence-corrected chi connectivity index (χ4v) is 3.42. The van der Waals surface area contributed by atoms with Crippen molar-refractivity contribution in [3.05, 3.63) is 23.9 Å². The summed E-state index contributed by atoms with van der Waals surface area (Å²) >= 11 is 1.91.